The molecule has 3 aromatic rings. The zero-order valence-corrected chi connectivity index (χ0v) is 16.3. The predicted molar refractivity (Wildman–Crippen MR) is 111 cm³/mol. The van der Waals surface area contributed by atoms with Crippen molar-refractivity contribution < 1.29 is 9.59 Å². The van der Waals surface area contributed by atoms with Crippen LogP contribution >= 0.6 is 11.5 Å². The molecule has 0 aliphatic rings. The number of hydrogen-bond acceptors (Lipinski definition) is 5. The van der Waals surface area contributed by atoms with Crippen LogP contribution in [0, 0.1) is 0 Å². The topological polar surface area (TPSA) is 97.1 Å². The summed E-state index contributed by atoms with van der Waals surface area (Å²) in [5.41, 5.74) is 8.32. The molecule has 7 heteroatoms. The second kappa shape index (κ2) is 9.14. The van der Waals surface area contributed by atoms with Gasteiger partial charge in [0, 0.05) is 13.1 Å². The van der Waals surface area contributed by atoms with Crippen LogP contribution in [-0.4, -0.2) is 22.7 Å². The molecule has 6 nitrogen and oxygen atoms in total. The maximum Gasteiger partial charge on any atom is 0.273 e. The van der Waals surface area contributed by atoms with Gasteiger partial charge in [0.2, 0.25) is 0 Å². The number of anilines is 1. The van der Waals surface area contributed by atoms with Crippen molar-refractivity contribution in [2.24, 2.45) is 0 Å². The van der Waals surface area contributed by atoms with E-state index in [0.717, 1.165) is 22.7 Å². The number of carbonyl (C=O) groups excluding carboxylic acids is 2. The molecule has 28 heavy (non-hydrogen) atoms. The van der Waals surface area contributed by atoms with E-state index >= 15 is 0 Å². The van der Waals surface area contributed by atoms with Gasteiger partial charge in [0.15, 0.2) is 5.69 Å². The fourth-order valence-corrected chi connectivity index (χ4v) is 3.43. The zero-order chi connectivity index (χ0) is 19.9. The summed E-state index contributed by atoms with van der Waals surface area (Å²) in [6.07, 6.45) is 0. The van der Waals surface area contributed by atoms with E-state index in [1.165, 1.54) is 0 Å². The molecule has 0 bridgehead atoms. The molecule has 0 spiro atoms. The number of rotatable bonds is 7. The number of nitrogen functional groups attached to an aromatic ring is 1. The maximum atomic E-state index is 12.5. The Kier molecular flexibility index (Phi) is 6.39. The van der Waals surface area contributed by atoms with Crippen molar-refractivity contribution in [2.75, 3.05) is 12.3 Å². The van der Waals surface area contributed by atoms with E-state index in [2.05, 4.69) is 15.0 Å². The Morgan fingerprint density at radius 1 is 1.00 bits per heavy atom. The molecule has 0 fully saturated rings. The van der Waals surface area contributed by atoms with Crippen molar-refractivity contribution in [1.82, 2.24) is 15.0 Å². The molecule has 2 aromatic carbocycles. The van der Waals surface area contributed by atoms with Crippen LogP contribution in [0.25, 0.3) is 0 Å². The Morgan fingerprint density at radius 3 is 2.32 bits per heavy atom. The highest BCUT2D eigenvalue weighted by Gasteiger charge is 2.22. The minimum atomic E-state index is -0.394. The fourth-order valence-electron chi connectivity index (χ4n) is 2.71. The van der Waals surface area contributed by atoms with Gasteiger partial charge in [0.1, 0.15) is 4.88 Å². The molecule has 1 atom stereocenters. The summed E-state index contributed by atoms with van der Waals surface area (Å²) in [5.74, 6) is -0.554. The summed E-state index contributed by atoms with van der Waals surface area (Å²) in [6.45, 7) is 2.87. The molecule has 0 radical (unpaired) electrons. The molecule has 4 N–H and O–H groups in total. The van der Waals surface area contributed by atoms with E-state index in [1.54, 1.807) is 0 Å². The number of carbonyl (C=O) groups is 2. The summed E-state index contributed by atoms with van der Waals surface area (Å²) in [6, 6.07) is 19.5. The van der Waals surface area contributed by atoms with Crippen molar-refractivity contribution >= 4 is 29.0 Å². The normalized spacial score (nSPS) is 11.6. The minimum absolute atomic E-state index is 0.0854. The van der Waals surface area contributed by atoms with Crippen molar-refractivity contribution in [2.45, 2.75) is 19.4 Å². The molecular weight excluding hydrogens is 372 g/mol. The van der Waals surface area contributed by atoms with E-state index in [9.17, 15) is 9.59 Å². The van der Waals surface area contributed by atoms with Crippen molar-refractivity contribution in [1.29, 1.82) is 0 Å². The van der Waals surface area contributed by atoms with Gasteiger partial charge in [-0.3, -0.25) is 9.59 Å². The highest BCUT2D eigenvalue weighted by molar-refractivity contribution is 7.09. The highest BCUT2D eigenvalue weighted by Crippen LogP contribution is 2.22. The van der Waals surface area contributed by atoms with E-state index in [0.29, 0.717) is 13.1 Å². The average Bonchev–Trinajstić information content (AvgIpc) is 3.13. The van der Waals surface area contributed by atoms with Gasteiger partial charge >= 0.3 is 0 Å². The lowest BCUT2D eigenvalue weighted by Crippen LogP contribution is -2.28. The van der Waals surface area contributed by atoms with Crippen LogP contribution in [0.2, 0.25) is 0 Å². The van der Waals surface area contributed by atoms with Gasteiger partial charge in [0.05, 0.1) is 5.69 Å². The molecule has 1 heterocycles. The lowest BCUT2D eigenvalue weighted by Gasteiger charge is -2.12. The number of benzene rings is 2. The Bertz CT molecular complexity index is 942. The van der Waals surface area contributed by atoms with E-state index in [-0.39, 0.29) is 28.1 Å². The smallest absolute Gasteiger partial charge is 0.273 e. The third-order valence-corrected chi connectivity index (χ3v) is 5.24. The first-order valence-electron chi connectivity index (χ1n) is 8.96. The Hall–Kier alpha value is -3.19. The number of nitrogens with one attached hydrogen (secondary N) is 2. The van der Waals surface area contributed by atoms with Gasteiger partial charge in [-0.05, 0) is 28.6 Å². The minimum Gasteiger partial charge on any atom is -0.395 e. The Morgan fingerprint density at radius 2 is 1.64 bits per heavy atom. The largest absolute Gasteiger partial charge is 0.395 e. The van der Waals surface area contributed by atoms with Crippen LogP contribution in [-0.2, 0) is 6.54 Å². The molecule has 1 unspecified atom stereocenters. The second-order valence-electron chi connectivity index (χ2n) is 6.46. The average molecular weight is 395 g/mol. The van der Waals surface area contributed by atoms with Crippen molar-refractivity contribution in [3.63, 3.8) is 0 Å². The Labute approximate surface area is 167 Å². The number of nitrogens with zero attached hydrogens (tertiary/aromatic N) is 1. The first-order valence-corrected chi connectivity index (χ1v) is 9.74. The quantitative estimate of drug-likeness (QED) is 0.573. The first-order chi connectivity index (χ1) is 13.6. The van der Waals surface area contributed by atoms with E-state index in [4.69, 9.17) is 5.73 Å². The molecular formula is C21H22N4O2S. The predicted octanol–water partition coefficient (Wildman–Crippen LogP) is 3.19. The van der Waals surface area contributed by atoms with Gasteiger partial charge < -0.3 is 16.4 Å². The second-order valence-corrected chi connectivity index (χ2v) is 7.24. The summed E-state index contributed by atoms with van der Waals surface area (Å²) in [4.78, 5) is 25.1. The number of nitrogens with two attached hydrogens (primary N) is 1. The Balaban J connectivity index is 1.58. The van der Waals surface area contributed by atoms with Gasteiger partial charge in [-0.1, -0.05) is 67.6 Å². The molecule has 0 saturated carbocycles. The lowest BCUT2D eigenvalue weighted by molar-refractivity contribution is 0.0947. The summed E-state index contributed by atoms with van der Waals surface area (Å²) < 4.78 is 4.08. The van der Waals surface area contributed by atoms with Gasteiger partial charge in [0.25, 0.3) is 11.8 Å². The molecule has 1 aromatic heterocycles. The monoisotopic (exact) mass is 394 g/mol. The molecule has 0 saturated heterocycles. The standard InChI is InChI=1S/C21H22N4O2S/c1-14(16-10-6-3-7-11-16)12-23-21(27)19-17(22)18(25-28-19)20(26)24-13-15-8-4-2-5-9-15/h2-11,14H,12-13,22H2,1H3,(H,23,27)(H,24,26). The number of hydrogen-bond donors (Lipinski definition) is 3. The van der Waals surface area contributed by atoms with Crippen LogP contribution in [0.5, 0.6) is 0 Å². The zero-order valence-electron chi connectivity index (χ0n) is 15.5. The lowest BCUT2D eigenvalue weighted by atomic mass is 10.0. The molecule has 144 valence electrons. The third kappa shape index (κ3) is 4.75. The van der Waals surface area contributed by atoms with Crippen LogP contribution in [0.3, 0.4) is 0 Å². The molecule has 2 amide bonds. The van der Waals surface area contributed by atoms with Crippen LogP contribution in [0.1, 0.15) is 44.1 Å². The molecule has 0 aliphatic heterocycles. The van der Waals surface area contributed by atoms with E-state index < -0.39 is 5.91 Å². The van der Waals surface area contributed by atoms with Crippen LogP contribution in [0.15, 0.2) is 60.7 Å². The third-order valence-electron chi connectivity index (χ3n) is 4.38. The number of aromatic nitrogens is 1. The van der Waals surface area contributed by atoms with Crippen LogP contribution < -0.4 is 16.4 Å². The fraction of sp³-hybridized carbons (Fsp3) is 0.190. The van der Waals surface area contributed by atoms with Gasteiger partial charge in [-0.25, -0.2) is 0 Å². The molecule has 3 rings (SSSR count). The summed E-state index contributed by atoms with van der Waals surface area (Å²) in [5, 5.41) is 5.64. The van der Waals surface area contributed by atoms with Gasteiger partial charge in [-0.2, -0.15) is 4.37 Å². The van der Waals surface area contributed by atoms with Crippen molar-refractivity contribution in [3.05, 3.63) is 82.4 Å². The van der Waals surface area contributed by atoms with E-state index in [1.807, 2.05) is 67.6 Å². The van der Waals surface area contributed by atoms with Gasteiger partial charge in [-0.15, -0.1) is 0 Å². The SMILES string of the molecule is CC(CNC(=O)c1snc(C(=O)NCc2ccccc2)c1N)c1ccccc1. The first kappa shape index (κ1) is 19.6. The summed E-state index contributed by atoms with van der Waals surface area (Å²) in [7, 11) is 0. The van der Waals surface area contributed by atoms with Crippen molar-refractivity contribution in [3.8, 4) is 0 Å². The molecule has 0 aliphatic carbocycles. The summed E-state index contributed by atoms with van der Waals surface area (Å²) >= 11 is 0.934. The van der Waals surface area contributed by atoms with Crippen LogP contribution in [0.4, 0.5) is 5.69 Å². The highest BCUT2D eigenvalue weighted by atomic mass is 32.1. The maximum absolute atomic E-state index is 12.5. The number of amides is 2.